The molecule has 0 unspecified atom stereocenters. The number of aromatic nitrogens is 4. The molecule has 1 radical (unpaired) electrons. The maximum Gasteiger partial charge on any atom is 0.227 e. The van der Waals surface area contributed by atoms with Crippen molar-refractivity contribution in [3.05, 3.63) is 193 Å². The normalized spacial score (nSPS) is 11.4. The number of hydrogen-bond acceptors (Lipinski definition) is 5. The van der Waals surface area contributed by atoms with Gasteiger partial charge in [0.1, 0.15) is 0 Å². The molecule has 0 aliphatic rings. The van der Waals surface area contributed by atoms with Crippen LogP contribution >= 0.6 is 0 Å². The molecule has 0 amide bonds. The van der Waals surface area contributed by atoms with E-state index in [1.54, 1.807) is 6.20 Å². The molecule has 0 saturated carbocycles. The first-order chi connectivity index (χ1) is 29.9. The monoisotopic (exact) mass is 983 g/mol. The Labute approximate surface area is 374 Å². The summed E-state index contributed by atoms with van der Waals surface area (Å²) in [5, 5.41) is 1.97. The summed E-state index contributed by atoms with van der Waals surface area (Å²) >= 11 is 0. The molecule has 0 spiro atoms. The maximum absolute atomic E-state index is 6.81. The largest absolute Gasteiger partial charge is 0.498 e. The fourth-order valence-electron chi connectivity index (χ4n) is 8.17. The van der Waals surface area contributed by atoms with Gasteiger partial charge in [0.15, 0.2) is 16.7 Å². The number of fused-ring (bicyclic) bond motifs is 6. The molecular formula is C55H42IrN4O2-2. The molecule has 0 N–H and O–H groups in total. The van der Waals surface area contributed by atoms with Crippen LogP contribution < -0.4 is 0 Å². The van der Waals surface area contributed by atoms with Gasteiger partial charge in [-0.25, -0.2) is 4.98 Å². The van der Waals surface area contributed by atoms with Crippen LogP contribution in [0.2, 0.25) is 0 Å². The summed E-state index contributed by atoms with van der Waals surface area (Å²) in [6.07, 6.45) is 1.79. The Bertz CT molecular complexity index is 3230. The number of nitrogens with zero attached hydrogens (tertiary/aromatic N) is 4. The fraction of sp³-hybridized carbons (Fsp3) is 0.109. The summed E-state index contributed by atoms with van der Waals surface area (Å²) in [5.74, 6) is 1.88. The van der Waals surface area contributed by atoms with E-state index in [2.05, 4.69) is 122 Å². The number of imidazole rings is 1. The number of rotatable bonds is 7. The number of hydrogen-bond donors (Lipinski definition) is 0. The van der Waals surface area contributed by atoms with Crippen molar-refractivity contribution in [2.75, 3.05) is 0 Å². The molecule has 4 aromatic heterocycles. The SMILES string of the molecule is CC(C)c1cc(-c2ccccc2)cc(C(C)C)c1-n1c(-c2[c-]ccc3c2oc2c3ccc3oc(-c4ccccc4)nc32)nc2ccccc21.[Ir].[c-]1ccccc1-c1ccccn1. The molecule has 305 valence electrons. The molecular weight excluding hydrogens is 941 g/mol. The van der Waals surface area contributed by atoms with Crippen LogP contribution in [0.25, 0.3) is 95.0 Å². The van der Waals surface area contributed by atoms with Gasteiger partial charge in [0.2, 0.25) is 5.89 Å². The minimum absolute atomic E-state index is 0. The van der Waals surface area contributed by atoms with Gasteiger partial charge >= 0.3 is 0 Å². The number of pyridine rings is 1. The number of oxazole rings is 1. The third-order valence-corrected chi connectivity index (χ3v) is 11.2. The first kappa shape index (κ1) is 40.5. The minimum atomic E-state index is 0. The van der Waals surface area contributed by atoms with Crippen LogP contribution in [0.3, 0.4) is 0 Å². The van der Waals surface area contributed by atoms with Gasteiger partial charge in [-0.2, -0.15) is 0 Å². The average molecular weight is 983 g/mol. The van der Waals surface area contributed by atoms with Crippen LogP contribution in [0.4, 0.5) is 0 Å². The second-order valence-corrected chi connectivity index (χ2v) is 15.8. The van der Waals surface area contributed by atoms with Crippen molar-refractivity contribution in [2.45, 2.75) is 39.5 Å². The van der Waals surface area contributed by atoms with Gasteiger partial charge in [-0.1, -0.05) is 111 Å². The predicted molar refractivity (Wildman–Crippen MR) is 248 cm³/mol. The van der Waals surface area contributed by atoms with E-state index in [1.807, 2.05) is 91.0 Å². The summed E-state index contributed by atoms with van der Waals surface area (Å²) in [5.41, 5.74) is 14.6. The van der Waals surface area contributed by atoms with E-state index in [9.17, 15) is 0 Å². The van der Waals surface area contributed by atoms with E-state index in [4.69, 9.17) is 18.8 Å². The number of furan rings is 1. The quantitative estimate of drug-likeness (QED) is 0.149. The van der Waals surface area contributed by atoms with Gasteiger partial charge in [0, 0.05) is 42.9 Å². The molecule has 0 fully saturated rings. The summed E-state index contributed by atoms with van der Waals surface area (Å²) in [6, 6.07) is 62.2. The van der Waals surface area contributed by atoms with Crippen molar-refractivity contribution in [3.8, 4) is 50.9 Å². The molecule has 0 atom stereocenters. The van der Waals surface area contributed by atoms with Crippen molar-refractivity contribution in [3.63, 3.8) is 0 Å². The molecule has 7 aromatic carbocycles. The van der Waals surface area contributed by atoms with Crippen LogP contribution in [0, 0.1) is 12.1 Å². The van der Waals surface area contributed by atoms with Crippen LogP contribution in [0.1, 0.15) is 50.7 Å². The summed E-state index contributed by atoms with van der Waals surface area (Å²) in [7, 11) is 0. The smallest absolute Gasteiger partial charge is 0.227 e. The van der Waals surface area contributed by atoms with Crippen molar-refractivity contribution < 1.29 is 28.9 Å². The molecule has 11 rings (SSSR count). The predicted octanol–water partition coefficient (Wildman–Crippen LogP) is 14.7. The first-order valence-electron chi connectivity index (χ1n) is 20.7. The summed E-state index contributed by atoms with van der Waals surface area (Å²) < 4.78 is 15.4. The van der Waals surface area contributed by atoms with E-state index in [0.717, 1.165) is 55.6 Å². The van der Waals surface area contributed by atoms with E-state index in [-0.39, 0.29) is 31.9 Å². The Balaban J connectivity index is 0.000000325. The molecule has 6 nitrogen and oxygen atoms in total. The van der Waals surface area contributed by atoms with E-state index in [0.29, 0.717) is 22.6 Å². The Morgan fingerprint density at radius 3 is 1.94 bits per heavy atom. The Kier molecular flexibility index (Phi) is 11.2. The standard InChI is InChI=1S/C44H34N3O2.C11H8N.Ir/c1-26(2)34-24-30(28-14-7-5-8-15-28)25-35(27(3)4)40(34)47-37-21-12-11-20-36(37)45-43(47)33-19-13-18-31-32-22-23-38-39(42(32)49-41(31)33)46-44(48-38)29-16-9-6-10-17-29;1-2-6-10(7-3-1)11-8-4-5-9-12-11;/h5-18,20-27H,1-4H3;1-6,8-9H;/q2*-1;. The molecule has 11 aromatic rings. The van der Waals surface area contributed by atoms with E-state index in [1.165, 1.54) is 27.9 Å². The van der Waals surface area contributed by atoms with Crippen molar-refractivity contribution >= 4 is 44.1 Å². The fourth-order valence-corrected chi connectivity index (χ4v) is 8.17. The van der Waals surface area contributed by atoms with Crippen molar-refractivity contribution in [1.82, 2.24) is 19.5 Å². The molecule has 0 aliphatic carbocycles. The van der Waals surface area contributed by atoms with Gasteiger partial charge in [-0.05, 0) is 94.4 Å². The molecule has 0 aliphatic heterocycles. The molecule has 62 heavy (non-hydrogen) atoms. The summed E-state index contributed by atoms with van der Waals surface area (Å²) in [6.45, 7) is 9.09. The van der Waals surface area contributed by atoms with Gasteiger partial charge in [0.25, 0.3) is 0 Å². The summed E-state index contributed by atoms with van der Waals surface area (Å²) in [4.78, 5) is 14.4. The van der Waals surface area contributed by atoms with E-state index < -0.39 is 0 Å². The maximum atomic E-state index is 6.81. The van der Waals surface area contributed by atoms with Gasteiger partial charge < -0.3 is 18.4 Å². The third-order valence-electron chi connectivity index (χ3n) is 11.2. The Morgan fingerprint density at radius 2 is 1.24 bits per heavy atom. The van der Waals surface area contributed by atoms with Crippen LogP contribution in [-0.4, -0.2) is 19.5 Å². The zero-order valence-electron chi connectivity index (χ0n) is 34.8. The zero-order valence-corrected chi connectivity index (χ0v) is 37.2. The minimum Gasteiger partial charge on any atom is -0.498 e. The Morgan fingerprint density at radius 1 is 0.565 bits per heavy atom. The van der Waals surface area contributed by atoms with Gasteiger partial charge in [-0.3, -0.25) is 4.98 Å². The van der Waals surface area contributed by atoms with Crippen molar-refractivity contribution in [2.24, 2.45) is 0 Å². The number of benzene rings is 7. The first-order valence-corrected chi connectivity index (χ1v) is 20.7. The number of para-hydroxylation sites is 2. The Hall–Kier alpha value is -6.92. The second kappa shape index (κ2) is 17.2. The van der Waals surface area contributed by atoms with Gasteiger partial charge in [-0.15, -0.1) is 54.1 Å². The van der Waals surface area contributed by atoms with E-state index >= 15 is 0 Å². The van der Waals surface area contributed by atoms with Crippen molar-refractivity contribution in [1.29, 1.82) is 0 Å². The van der Waals surface area contributed by atoms with Crippen LogP contribution in [-0.2, 0) is 20.1 Å². The molecule has 0 bridgehead atoms. The molecule has 0 saturated heterocycles. The third kappa shape index (κ3) is 7.44. The van der Waals surface area contributed by atoms with Crippen LogP contribution in [0.5, 0.6) is 0 Å². The molecule has 4 heterocycles. The molecule has 7 heteroatoms. The topological polar surface area (TPSA) is 69.9 Å². The zero-order chi connectivity index (χ0) is 41.5. The average Bonchev–Trinajstić information content (AvgIpc) is 4.04. The van der Waals surface area contributed by atoms with Gasteiger partial charge in [0.05, 0.1) is 22.4 Å². The second-order valence-electron chi connectivity index (χ2n) is 15.8. The van der Waals surface area contributed by atoms with Crippen LogP contribution in [0.15, 0.2) is 179 Å².